The number of benzene rings is 3. The van der Waals surface area contributed by atoms with Gasteiger partial charge >= 0.3 is 0 Å². The van der Waals surface area contributed by atoms with Crippen LogP contribution >= 0.6 is 11.8 Å². The molecular formula is C22H26O2S. The minimum absolute atomic E-state index is 0. The molecular weight excluding hydrogens is 328 g/mol. The van der Waals surface area contributed by atoms with Crippen molar-refractivity contribution >= 4 is 11.8 Å². The third-order valence-corrected chi connectivity index (χ3v) is 5.18. The molecule has 0 atom stereocenters. The van der Waals surface area contributed by atoms with Crippen molar-refractivity contribution in [2.24, 2.45) is 0 Å². The Bertz CT molecular complexity index is 856. The summed E-state index contributed by atoms with van der Waals surface area (Å²) in [7, 11) is 0. The number of aryl methyl sites for hydroxylation is 3. The van der Waals surface area contributed by atoms with E-state index in [2.05, 4.69) is 87.7 Å². The Morgan fingerprint density at radius 2 is 1.24 bits per heavy atom. The van der Waals surface area contributed by atoms with Gasteiger partial charge in [0.05, 0.1) is 0 Å². The van der Waals surface area contributed by atoms with Crippen LogP contribution in [-0.4, -0.2) is 17.2 Å². The Morgan fingerprint density at radius 3 is 1.88 bits per heavy atom. The van der Waals surface area contributed by atoms with Crippen LogP contribution in [0.3, 0.4) is 0 Å². The Labute approximate surface area is 154 Å². The lowest BCUT2D eigenvalue weighted by atomic mass is 9.94. The van der Waals surface area contributed by atoms with Crippen LogP contribution in [0.4, 0.5) is 0 Å². The zero-order valence-corrected chi connectivity index (χ0v) is 16.0. The fourth-order valence-corrected chi connectivity index (χ4v) is 3.28. The van der Waals surface area contributed by atoms with Crippen molar-refractivity contribution < 1.29 is 11.0 Å². The van der Waals surface area contributed by atoms with Crippen LogP contribution in [0.2, 0.25) is 0 Å². The molecule has 0 saturated carbocycles. The number of thioether (sulfide) groups is 1. The molecule has 3 heteroatoms. The van der Waals surface area contributed by atoms with Gasteiger partial charge in [0, 0.05) is 4.90 Å². The van der Waals surface area contributed by atoms with E-state index in [0.29, 0.717) is 0 Å². The Hall–Kier alpha value is -2.07. The average molecular weight is 355 g/mol. The molecule has 0 heterocycles. The summed E-state index contributed by atoms with van der Waals surface area (Å²) in [5.74, 6) is 0. The fraction of sp³-hybridized carbons (Fsp3) is 0.182. The van der Waals surface area contributed by atoms with Gasteiger partial charge in [-0.3, -0.25) is 0 Å². The van der Waals surface area contributed by atoms with E-state index in [1.165, 1.54) is 43.8 Å². The summed E-state index contributed by atoms with van der Waals surface area (Å²) in [4.78, 5) is 1.30. The molecule has 0 aromatic heterocycles. The summed E-state index contributed by atoms with van der Waals surface area (Å²) in [5.41, 5.74) is 9.17. The van der Waals surface area contributed by atoms with E-state index in [0.717, 1.165) is 0 Å². The first kappa shape index (κ1) is 21.0. The molecule has 3 rings (SSSR count). The quantitative estimate of drug-likeness (QED) is 0.609. The van der Waals surface area contributed by atoms with Crippen LogP contribution in [0.5, 0.6) is 0 Å². The average Bonchev–Trinajstić information content (AvgIpc) is 2.58. The molecule has 4 N–H and O–H groups in total. The van der Waals surface area contributed by atoms with Crippen molar-refractivity contribution in [3.05, 3.63) is 77.4 Å². The molecule has 132 valence electrons. The highest BCUT2D eigenvalue weighted by molar-refractivity contribution is 7.98. The monoisotopic (exact) mass is 354 g/mol. The van der Waals surface area contributed by atoms with Gasteiger partial charge in [-0.2, -0.15) is 0 Å². The maximum Gasteiger partial charge on any atom is 0.00752 e. The Balaban J connectivity index is 0.00000156. The molecule has 0 saturated heterocycles. The van der Waals surface area contributed by atoms with Gasteiger partial charge < -0.3 is 11.0 Å². The fourth-order valence-electron chi connectivity index (χ4n) is 2.82. The van der Waals surface area contributed by atoms with Crippen LogP contribution in [0.25, 0.3) is 22.3 Å². The standard InChI is InChI=1S/C22H22S.2H2O/c1-15-8-10-18(12-17(15)3)19-11-9-16(2)22(14-19)20-6-5-7-21(13-20)23-4;;/h5-14H,1-4H3;2*1H2. The van der Waals surface area contributed by atoms with E-state index < -0.39 is 0 Å². The van der Waals surface area contributed by atoms with Crippen molar-refractivity contribution in [1.82, 2.24) is 0 Å². The van der Waals surface area contributed by atoms with Gasteiger partial charge in [-0.05, 0) is 84.2 Å². The number of hydrogen-bond acceptors (Lipinski definition) is 1. The van der Waals surface area contributed by atoms with Crippen molar-refractivity contribution in [3.8, 4) is 22.3 Å². The highest BCUT2D eigenvalue weighted by Crippen LogP contribution is 2.31. The van der Waals surface area contributed by atoms with E-state index in [1.54, 1.807) is 11.8 Å². The molecule has 0 unspecified atom stereocenters. The minimum atomic E-state index is 0. The second kappa shape index (κ2) is 8.86. The molecule has 2 nitrogen and oxygen atoms in total. The van der Waals surface area contributed by atoms with Gasteiger partial charge in [-0.25, -0.2) is 0 Å². The highest BCUT2D eigenvalue weighted by Gasteiger charge is 2.07. The Morgan fingerprint density at radius 1 is 0.600 bits per heavy atom. The molecule has 0 aliphatic carbocycles. The summed E-state index contributed by atoms with van der Waals surface area (Å²) in [6, 6.07) is 22.3. The molecule has 3 aromatic carbocycles. The molecule has 0 fully saturated rings. The van der Waals surface area contributed by atoms with Crippen LogP contribution in [0, 0.1) is 20.8 Å². The highest BCUT2D eigenvalue weighted by atomic mass is 32.2. The van der Waals surface area contributed by atoms with E-state index in [1.807, 2.05) is 0 Å². The van der Waals surface area contributed by atoms with Crippen LogP contribution in [0.15, 0.2) is 65.6 Å². The molecule has 0 radical (unpaired) electrons. The predicted octanol–water partition coefficient (Wildman–Crippen LogP) is 5.02. The van der Waals surface area contributed by atoms with E-state index in [-0.39, 0.29) is 11.0 Å². The zero-order chi connectivity index (χ0) is 16.4. The Kier molecular flexibility index (Phi) is 7.43. The maximum atomic E-state index is 2.32. The first-order valence-corrected chi connectivity index (χ1v) is 9.13. The van der Waals surface area contributed by atoms with Crippen LogP contribution in [0.1, 0.15) is 16.7 Å². The van der Waals surface area contributed by atoms with Gasteiger partial charge in [0.25, 0.3) is 0 Å². The summed E-state index contributed by atoms with van der Waals surface area (Å²) in [6.45, 7) is 6.52. The van der Waals surface area contributed by atoms with Crippen molar-refractivity contribution in [3.63, 3.8) is 0 Å². The lowest BCUT2D eigenvalue weighted by Gasteiger charge is -2.12. The summed E-state index contributed by atoms with van der Waals surface area (Å²) in [5, 5.41) is 0. The third kappa shape index (κ3) is 4.51. The van der Waals surface area contributed by atoms with Gasteiger partial charge in [-0.1, -0.05) is 42.5 Å². The lowest BCUT2D eigenvalue weighted by Crippen LogP contribution is -1.88. The molecule has 25 heavy (non-hydrogen) atoms. The summed E-state index contributed by atoms with van der Waals surface area (Å²) < 4.78 is 0. The topological polar surface area (TPSA) is 63.0 Å². The first-order valence-electron chi connectivity index (χ1n) is 7.91. The van der Waals surface area contributed by atoms with Crippen molar-refractivity contribution in [1.29, 1.82) is 0 Å². The van der Waals surface area contributed by atoms with E-state index >= 15 is 0 Å². The molecule has 0 amide bonds. The van der Waals surface area contributed by atoms with Gasteiger partial charge in [-0.15, -0.1) is 11.8 Å². The molecule has 0 spiro atoms. The number of rotatable bonds is 3. The molecule has 0 bridgehead atoms. The summed E-state index contributed by atoms with van der Waals surface area (Å²) >= 11 is 1.79. The molecule has 0 aliphatic rings. The van der Waals surface area contributed by atoms with Gasteiger partial charge in [0.2, 0.25) is 0 Å². The second-order valence-corrected chi connectivity index (χ2v) is 6.94. The minimum Gasteiger partial charge on any atom is -0.412 e. The normalized spacial score (nSPS) is 9.92. The van der Waals surface area contributed by atoms with Gasteiger partial charge in [0.1, 0.15) is 0 Å². The molecule has 3 aromatic rings. The van der Waals surface area contributed by atoms with Crippen molar-refractivity contribution in [2.45, 2.75) is 25.7 Å². The smallest absolute Gasteiger partial charge is 0.00752 e. The van der Waals surface area contributed by atoms with Gasteiger partial charge in [0.15, 0.2) is 0 Å². The SMILES string of the molecule is CSc1cccc(-c2cc(-c3ccc(C)c(C)c3)ccc2C)c1.O.O. The van der Waals surface area contributed by atoms with E-state index in [4.69, 9.17) is 0 Å². The lowest BCUT2D eigenvalue weighted by molar-refractivity contribution is 0.823. The van der Waals surface area contributed by atoms with Crippen LogP contribution in [-0.2, 0) is 0 Å². The van der Waals surface area contributed by atoms with E-state index in [9.17, 15) is 0 Å². The predicted molar refractivity (Wildman–Crippen MR) is 111 cm³/mol. The largest absolute Gasteiger partial charge is 0.412 e. The summed E-state index contributed by atoms with van der Waals surface area (Å²) in [6.07, 6.45) is 2.12. The first-order chi connectivity index (χ1) is 11.1. The zero-order valence-electron chi connectivity index (χ0n) is 15.2. The maximum absolute atomic E-state index is 2.32. The number of hydrogen-bond donors (Lipinski definition) is 0. The van der Waals surface area contributed by atoms with Crippen molar-refractivity contribution in [2.75, 3.05) is 6.26 Å². The molecule has 0 aliphatic heterocycles. The third-order valence-electron chi connectivity index (χ3n) is 4.46. The second-order valence-electron chi connectivity index (χ2n) is 6.06. The van der Waals surface area contributed by atoms with Crippen LogP contribution < -0.4 is 0 Å².